The summed E-state index contributed by atoms with van der Waals surface area (Å²) in [6, 6.07) is 6.67. The molecule has 118 valence electrons. The number of rotatable bonds is 5. The average Bonchev–Trinajstić information content (AvgIpc) is 3.22. The van der Waals surface area contributed by atoms with Crippen molar-refractivity contribution >= 4 is 5.91 Å². The molecule has 0 bridgehead atoms. The highest BCUT2D eigenvalue weighted by Gasteiger charge is 2.15. The first-order valence-corrected chi connectivity index (χ1v) is 6.80. The molecule has 0 spiro atoms. The molecule has 3 rings (SSSR count). The minimum absolute atomic E-state index is 0.0551. The summed E-state index contributed by atoms with van der Waals surface area (Å²) in [6.45, 7) is 0.0864. The topological polar surface area (TPSA) is 110 Å². The van der Waals surface area contributed by atoms with Gasteiger partial charge in [-0.05, 0) is 24.3 Å². The first-order valence-electron chi connectivity index (χ1n) is 6.80. The number of nitrogens with one attached hydrogen (secondary N) is 2. The lowest BCUT2D eigenvalue weighted by molar-refractivity contribution is 0.0945. The van der Waals surface area contributed by atoms with Crippen LogP contribution in [-0.4, -0.2) is 15.5 Å². The highest BCUT2D eigenvalue weighted by molar-refractivity contribution is 5.93. The maximum absolute atomic E-state index is 12.3. The third-order valence-electron chi connectivity index (χ3n) is 3.20. The molecule has 0 aliphatic carbocycles. The van der Waals surface area contributed by atoms with E-state index in [2.05, 4.69) is 10.3 Å². The molecule has 2 N–H and O–H groups in total. The molecule has 23 heavy (non-hydrogen) atoms. The van der Waals surface area contributed by atoms with Gasteiger partial charge in [0, 0.05) is 6.20 Å². The Balaban J connectivity index is 1.83. The number of amides is 1. The van der Waals surface area contributed by atoms with Gasteiger partial charge in [0.25, 0.3) is 11.5 Å². The zero-order valence-corrected chi connectivity index (χ0v) is 11.9. The van der Waals surface area contributed by atoms with E-state index in [0.717, 1.165) is 10.8 Å². The van der Waals surface area contributed by atoms with E-state index >= 15 is 0 Å². The summed E-state index contributed by atoms with van der Waals surface area (Å²) in [6.07, 6.45) is 4.02. The van der Waals surface area contributed by atoms with Gasteiger partial charge >= 0.3 is 5.69 Å². The van der Waals surface area contributed by atoms with Gasteiger partial charge < -0.3 is 19.1 Å². The second-order valence-corrected chi connectivity index (χ2v) is 4.74. The molecule has 3 aromatic rings. The van der Waals surface area contributed by atoms with Crippen molar-refractivity contribution in [1.29, 1.82) is 0 Å². The van der Waals surface area contributed by atoms with E-state index < -0.39 is 17.2 Å². The minimum Gasteiger partial charge on any atom is -0.467 e. The smallest absolute Gasteiger partial charge is 0.328 e. The van der Waals surface area contributed by atoms with E-state index in [1.54, 1.807) is 24.3 Å². The van der Waals surface area contributed by atoms with Crippen LogP contribution >= 0.6 is 0 Å². The monoisotopic (exact) mass is 315 g/mol. The Morgan fingerprint density at radius 1 is 1.13 bits per heavy atom. The van der Waals surface area contributed by atoms with E-state index in [-0.39, 0.29) is 18.7 Å². The van der Waals surface area contributed by atoms with Crippen LogP contribution in [0.2, 0.25) is 0 Å². The molecule has 8 nitrogen and oxygen atoms in total. The number of nitrogens with zero attached hydrogens (tertiary/aromatic N) is 1. The van der Waals surface area contributed by atoms with Crippen LogP contribution in [0.25, 0.3) is 0 Å². The zero-order chi connectivity index (χ0) is 16.2. The number of carbonyl (C=O) groups excluding carboxylic acids is 1. The van der Waals surface area contributed by atoms with Gasteiger partial charge in [-0.3, -0.25) is 14.2 Å². The number of hydrogen-bond donors (Lipinski definition) is 2. The predicted molar refractivity (Wildman–Crippen MR) is 79.0 cm³/mol. The summed E-state index contributed by atoms with van der Waals surface area (Å²) in [5.41, 5.74) is -1.47. The summed E-state index contributed by atoms with van der Waals surface area (Å²) < 4.78 is 11.1. The standard InChI is InChI=1S/C15H13N3O5/c19-13(16-7-10-3-1-5-22-10)12-8-17-15(21)18(14(12)20)9-11-4-2-6-23-11/h1-6,8H,7,9H2,(H,16,19)(H,17,21). The van der Waals surface area contributed by atoms with Gasteiger partial charge in [0.15, 0.2) is 0 Å². The first-order chi connectivity index (χ1) is 11.1. The SMILES string of the molecule is O=C(NCc1ccco1)c1c[nH]c(=O)n(Cc2ccco2)c1=O. The number of furan rings is 2. The van der Waals surface area contributed by atoms with Crippen molar-refractivity contribution in [3.05, 3.63) is 80.9 Å². The number of carbonyl (C=O) groups is 1. The fourth-order valence-corrected chi connectivity index (χ4v) is 2.05. The number of hydrogen-bond acceptors (Lipinski definition) is 5. The predicted octanol–water partition coefficient (Wildman–Crippen LogP) is 0.701. The zero-order valence-electron chi connectivity index (χ0n) is 11.9. The summed E-state index contributed by atoms with van der Waals surface area (Å²) in [7, 11) is 0. The molecule has 0 saturated heterocycles. The molecule has 0 aromatic carbocycles. The Labute approximate surface area is 129 Å². The Hall–Kier alpha value is -3.29. The van der Waals surface area contributed by atoms with Crippen molar-refractivity contribution in [2.24, 2.45) is 0 Å². The molecule has 8 heteroatoms. The molecule has 3 heterocycles. The second kappa shape index (κ2) is 6.22. The van der Waals surface area contributed by atoms with Crippen molar-refractivity contribution in [1.82, 2.24) is 14.9 Å². The van der Waals surface area contributed by atoms with Crippen LogP contribution in [0.3, 0.4) is 0 Å². The average molecular weight is 315 g/mol. The van der Waals surface area contributed by atoms with E-state index in [0.29, 0.717) is 11.5 Å². The normalized spacial score (nSPS) is 10.6. The summed E-state index contributed by atoms with van der Waals surface area (Å²) in [4.78, 5) is 38.6. The molecule has 0 unspecified atom stereocenters. The molecule has 3 aromatic heterocycles. The van der Waals surface area contributed by atoms with Crippen LogP contribution in [0.4, 0.5) is 0 Å². The highest BCUT2D eigenvalue weighted by atomic mass is 16.3. The van der Waals surface area contributed by atoms with E-state index in [4.69, 9.17) is 8.83 Å². The minimum atomic E-state index is -0.693. The fraction of sp³-hybridized carbons (Fsp3) is 0.133. The van der Waals surface area contributed by atoms with Gasteiger partial charge in [-0.2, -0.15) is 0 Å². The highest BCUT2D eigenvalue weighted by Crippen LogP contribution is 2.01. The lowest BCUT2D eigenvalue weighted by atomic mass is 10.3. The van der Waals surface area contributed by atoms with Crippen LogP contribution in [0.15, 0.2) is 61.4 Å². The number of H-pyrrole nitrogens is 1. The van der Waals surface area contributed by atoms with Crippen molar-refractivity contribution in [2.75, 3.05) is 0 Å². The molecule has 0 aliphatic rings. The summed E-state index contributed by atoms with van der Waals surface area (Å²) >= 11 is 0. The van der Waals surface area contributed by atoms with Gasteiger partial charge in [0.1, 0.15) is 17.1 Å². The second-order valence-electron chi connectivity index (χ2n) is 4.74. The molecule has 0 fully saturated rings. The Bertz CT molecular complexity index is 903. The maximum atomic E-state index is 12.3. The molecule has 0 saturated carbocycles. The molecular formula is C15H13N3O5. The quantitative estimate of drug-likeness (QED) is 0.720. The van der Waals surface area contributed by atoms with E-state index in [1.807, 2.05) is 0 Å². The van der Waals surface area contributed by atoms with Crippen molar-refractivity contribution < 1.29 is 13.6 Å². The molecular weight excluding hydrogens is 302 g/mol. The van der Waals surface area contributed by atoms with Crippen LogP contribution < -0.4 is 16.6 Å². The van der Waals surface area contributed by atoms with Crippen LogP contribution in [0, 0.1) is 0 Å². The molecule has 0 atom stereocenters. The molecule has 0 radical (unpaired) electrons. The van der Waals surface area contributed by atoms with Gasteiger partial charge in [-0.1, -0.05) is 0 Å². The summed E-state index contributed by atoms with van der Waals surface area (Å²) in [5.74, 6) is 0.389. The van der Waals surface area contributed by atoms with Crippen LogP contribution in [0.5, 0.6) is 0 Å². The maximum Gasteiger partial charge on any atom is 0.328 e. The Morgan fingerprint density at radius 3 is 2.48 bits per heavy atom. The molecule has 1 amide bonds. The van der Waals surface area contributed by atoms with Gasteiger partial charge in [-0.25, -0.2) is 4.79 Å². The third-order valence-corrected chi connectivity index (χ3v) is 3.20. The third kappa shape index (κ3) is 3.15. The van der Waals surface area contributed by atoms with E-state index in [1.165, 1.54) is 12.5 Å². The number of aromatic amines is 1. The summed E-state index contributed by atoms with van der Waals surface area (Å²) in [5, 5.41) is 2.56. The van der Waals surface area contributed by atoms with Gasteiger partial charge in [0.2, 0.25) is 0 Å². The van der Waals surface area contributed by atoms with Crippen molar-refractivity contribution in [3.63, 3.8) is 0 Å². The van der Waals surface area contributed by atoms with Gasteiger partial charge in [0.05, 0.1) is 25.6 Å². The van der Waals surface area contributed by atoms with Gasteiger partial charge in [-0.15, -0.1) is 0 Å². The molecule has 0 aliphatic heterocycles. The van der Waals surface area contributed by atoms with Crippen molar-refractivity contribution in [3.8, 4) is 0 Å². The van der Waals surface area contributed by atoms with E-state index in [9.17, 15) is 14.4 Å². The largest absolute Gasteiger partial charge is 0.467 e. The lowest BCUT2D eigenvalue weighted by Gasteiger charge is -2.06. The van der Waals surface area contributed by atoms with Crippen LogP contribution in [0.1, 0.15) is 21.9 Å². The van der Waals surface area contributed by atoms with Crippen molar-refractivity contribution in [2.45, 2.75) is 13.1 Å². The first kappa shape index (κ1) is 14.6. The Kier molecular flexibility index (Phi) is 3.96. The fourth-order valence-electron chi connectivity index (χ4n) is 2.05. The number of aromatic nitrogens is 2. The lowest BCUT2D eigenvalue weighted by Crippen LogP contribution is -2.40. The Morgan fingerprint density at radius 2 is 1.83 bits per heavy atom. The van der Waals surface area contributed by atoms with Crippen LogP contribution in [-0.2, 0) is 13.1 Å².